The fourth-order valence-corrected chi connectivity index (χ4v) is 1.91. The van der Waals surface area contributed by atoms with Crippen LogP contribution in [-0.4, -0.2) is 24.0 Å². The molecular weight excluding hydrogens is 318 g/mol. The predicted octanol–water partition coefficient (Wildman–Crippen LogP) is 3.28. The third kappa shape index (κ3) is 4.93. The Balaban J connectivity index is 1.91. The van der Waals surface area contributed by atoms with Crippen molar-refractivity contribution in [2.75, 3.05) is 7.11 Å². The first-order chi connectivity index (χ1) is 11.1. The zero-order valence-electron chi connectivity index (χ0n) is 12.4. The van der Waals surface area contributed by atoms with Crippen LogP contribution in [0.5, 0.6) is 0 Å². The van der Waals surface area contributed by atoms with Crippen molar-refractivity contribution >= 4 is 29.6 Å². The number of esters is 2. The van der Waals surface area contributed by atoms with Crippen LogP contribution in [-0.2, 0) is 20.9 Å². The van der Waals surface area contributed by atoms with Crippen LogP contribution in [0.4, 0.5) is 0 Å². The van der Waals surface area contributed by atoms with Crippen molar-refractivity contribution in [3.05, 3.63) is 70.5 Å². The number of halogens is 1. The van der Waals surface area contributed by atoms with Gasteiger partial charge in [-0.05, 0) is 29.8 Å². The van der Waals surface area contributed by atoms with Gasteiger partial charge in [0, 0.05) is 17.8 Å². The van der Waals surface area contributed by atoms with Crippen molar-refractivity contribution < 1.29 is 19.1 Å². The van der Waals surface area contributed by atoms with Crippen LogP contribution in [0.2, 0.25) is 5.15 Å². The lowest BCUT2D eigenvalue weighted by Crippen LogP contribution is -2.02. The fraction of sp³-hybridized carbons (Fsp3) is 0.118. The SMILES string of the molecule is COC(=O)c1ccc(/C=C/C(=O)OCc2cccnc2Cl)cc1. The predicted molar refractivity (Wildman–Crippen MR) is 85.9 cm³/mol. The Morgan fingerprint density at radius 3 is 2.61 bits per heavy atom. The van der Waals surface area contributed by atoms with Gasteiger partial charge in [-0.15, -0.1) is 0 Å². The first kappa shape index (κ1) is 16.7. The molecule has 0 radical (unpaired) electrons. The van der Waals surface area contributed by atoms with E-state index in [1.165, 1.54) is 13.2 Å². The first-order valence-corrected chi connectivity index (χ1v) is 7.10. The smallest absolute Gasteiger partial charge is 0.337 e. The van der Waals surface area contributed by atoms with E-state index in [1.807, 2.05) is 0 Å². The fourth-order valence-electron chi connectivity index (χ4n) is 1.74. The molecule has 0 amide bonds. The van der Waals surface area contributed by atoms with Gasteiger partial charge in [-0.25, -0.2) is 14.6 Å². The van der Waals surface area contributed by atoms with Crippen LogP contribution in [0.15, 0.2) is 48.7 Å². The van der Waals surface area contributed by atoms with Gasteiger partial charge in [0.05, 0.1) is 12.7 Å². The Hall–Kier alpha value is -2.66. The number of benzene rings is 1. The Morgan fingerprint density at radius 2 is 1.96 bits per heavy atom. The second-order valence-electron chi connectivity index (χ2n) is 4.51. The zero-order valence-corrected chi connectivity index (χ0v) is 13.1. The van der Waals surface area contributed by atoms with Crippen molar-refractivity contribution in [3.63, 3.8) is 0 Å². The molecule has 0 aliphatic carbocycles. The normalized spacial score (nSPS) is 10.5. The maximum Gasteiger partial charge on any atom is 0.337 e. The van der Waals surface area contributed by atoms with Crippen molar-refractivity contribution in [3.8, 4) is 0 Å². The Labute approximate surface area is 138 Å². The minimum atomic E-state index is -0.498. The number of carbonyl (C=O) groups excluding carboxylic acids is 2. The number of hydrogen-bond acceptors (Lipinski definition) is 5. The highest BCUT2D eigenvalue weighted by Gasteiger charge is 2.05. The van der Waals surface area contributed by atoms with E-state index in [2.05, 4.69) is 9.72 Å². The molecule has 2 rings (SSSR count). The lowest BCUT2D eigenvalue weighted by molar-refractivity contribution is -0.138. The third-order valence-electron chi connectivity index (χ3n) is 2.95. The molecular formula is C17H14ClNO4. The summed E-state index contributed by atoms with van der Waals surface area (Å²) in [6, 6.07) is 10.1. The summed E-state index contributed by atoms with van der Waals surface area (Å²) < 4.78 is 9.70. The average Bonchev–Trinajstić information content (AvgIpc) is 2.59. The summed E-state index contributed by atoms with van der Waals surface area (Å²) in [4.78, 5) is 26.9. The van der Waals surface area contributed by atoms with Gasteiger partial charge < -0.3 is 9.47 Å². The van der Waals surface area contributed by atoms with Crippen LogP contribution in [0.1, 0.15) is 21.5 Å². The van der Waals surface area contributed by atoms with Crippen LogP contribution in [0, 0.1) is 0 Å². The molecule has 118 valence electrons. The van der Waals surface area contributed by atoms with Crippen LogP contribution >= 0.6 is 11.6 Å². The number of hydrogen-bond donors (Lipinski definition) is 0. The number of carbonyl (C=O) groups is 2. The number of ether oxygens (including phenoxy) is 2. The van der Waals surface area contributed by atoms with Crippen LogP contribution in [0.3, 0.4) is 0 Å². The molecule has 0 aliphatic rings. The van der Waals surface area contributed by atoms with E-state index in [0.717, 1.165) is 5.56 Å². The summed E-state index contributed by atoms with van der Waals surface area (Å²) >= 11 is 5.87. The zero-order chi connectivity index (χ0) is 16.7. The quantitative estimate of drug-likeness (QED) is 0.478. The van der Waals surface area contributed by atoms with Crippen molar-refractivity contribution in [2.45, 2.75) is 6.61 Å². The van der Waals surface area contributed by atoms with Crippen LogP contribution < -0.4 is 0 Å². The Kier molecular flexibility index (Phi) is 5.88. The molecule has 6 heteroatoms. The summed E-state index contributed by atoms with van der Waals surface area (Å²) in [7, 11) is 1.32. The highest BCUT2D eigenvalue weighted by molar-refractivity contribution is 6.30. The Bertz CT molecular complexity index is 726. The highest BCUT2D eigenvalue weighted by atomic mass is 35.5. The van der Waals surface area contributed by atoms with Crippen molar-refractivity contribution in [2.24, 2.45) is 0 Å². The molecule has 0 unspecified atom stereocenters. The topological polar surface area (TPSA) is 65.5 Å². The lowest BCUT2D eigenvalue weighted by Gasteiger charge is -2.03. The van der Waals surface area contributed by atoms with E-state index < -0.39 is 11.9 Å². The molecule has 5 nitrogen and oxygen atoms in total. The molecule has 0 bridgehead atoms. The number of rotatable bonds is 5. The van der Waals surface area contributed by atoms with Gasteiger partial charge in [-0.1, -0.05) is 29.8 Å². The molecule has 0 spiro atoms. The molecule has 0 atom stereocenters. The maximum atomic E-state index is 11.7. The summed E-state index contributed by atoms with van der Waals surface area (Å²) in [5, 5.41) is 0.308. The second-order valence-corrected chi connectivity index (χ2v) is 4.87. The van der Waals surface area contributed by atoms with Gasteiger partial charge >= 0.3 is 11.9 Å². The van der Waals surface area contributed by atoms with Gasteiger partial charge in [0.1, 0.15) is 11.8 Å². The monoisotopic (exact) mass is 331 g/mol. The first-order valence-electron chi connectivity index (χ1n) is 6.73. The molecule has 0 saturated heterocycles. The summed E-state index contributed by atoms with van der Waals surface area (Å²) in [6.45, 7) is 0.0527. The summed E-state index contributed by atoms with van der Waals surface area (Å²) in [5.74, 6) is -0.907. The second kappa shape index (κ2) is 8.10. The van der Waals surface area contributed by atoms with Crippen LogP contribution in [0.25, 0.3) is 6.08 Å². The minimum absolute atomic E-state index is 0.0527. The molecule has 0 aliphatic heterocycles. The van der Waals surface area contributed by atoms with Crippen molar-refractivity contribution in [1.29, 1.82) is 0 Å². The maximum absolute atomic E-state index is 11.7. The van der Waals surface area contributed by atoms with E-state index in [0.29, 0.717) is 16.3 Å². The summed E-state index contributed by atoms with van der Waals surface area (Å²) in [5.41, 5.74) is 1.84. The average molecular weight is 332 g/mol. The van der Waals surface area contributed by atoms with Gasteiger partial charge in [0.25, 0.3) is 0 Å². The molecule has 23 heavy (non-hydrogen) atoms. The molecule has 0 fully saturated rings. The lowest BCUT2D eigenvalue weighted by atomic mass is 10.1. The molecule has 2 aromatic rings. The number of aromatic nitrogens is 1. The van der Waals surface area contributed by atoms with E-state index in [1.54, 1.807) is 48.7 Å². The van der Waals surface area contributed by atoms with E-state index in [-0.39, 0.29) is 6.61 Å². The van der Waals surface area contributed by atoms with Gasteiger partial charge in [0.15, 0.2) is 0 Å². The van der Waals surface area contributed by atoms with E-state index in [9.17, 15) is 9.59 Å². The van der Waals surface area contributed by atoms with Gasteiger partial charge in [-0.2, -0.15) is 0 Å². The molecule has 1 heterocycles. The number of nitrogens with zero attached hydrogens (tertiary/aromatic N) is 1. The van der Waals surface area contributed by atoms with Crippen molar-refractivity contribution in [1.82, 2.24) is 4.98 Å². The largest absolute Gasteiger partial charge is 0.465 e. The number of methoxy groups -OCH3 is 1. The Morgan fingerprint density at radius 1 is 1.22 bits per heavy atom. The molecule has 0 N–H and O–H groups in total. The van der Waals surface area contributed by atoms with E-state index in [4.69, 9.17) is 16.3 Å². The molecule has 1 aromatic carbocycles. The minimum Gasteiger partial charge on any atom is -0.465 e. The van der Waals surface area contributed by atoms with E-state index >= 15 is 0 Å². The highest BCUT2D eigenvalue weighted by Crippen LogP contribution is 2.13. The van der Waals surface area contributed by atoms with Gasteiger partial charge in [0.2, 0.25) is 0 Å². The number of pyridine rings is 1. The molecule has 1 aromatic heterocycles. The molecule has 0 saturated carbocycles. The summed E-state index contributed by atoms with van der Waals surface area (Å²) in [6.07, 6.45) is 4.46. The third-order valence-corrected chi connectivity index (χ3v) is 3.29. The standard InChI is InChI=1S/C17H14ClNO4/c1-22-17(21)13-7-4-12(5-8-13)6-9-15(20)23-11-14-3-2-10-19-16(14)18/h2-10H,11H2,1H3/b9-6+. The van der Waals surface area contributed by atoms with Gasteiger partial charge in [-0.3, -0.25) is 0 Å².